The fraction of sp³-hybridized carbons (Fsp3) is 0.438. The van der Waals surface area contributed by atoms with Crippen molar-refractivity contribution in [1.29, 1.82) is 0 Å². The summed E-state index contributed by atoms with van der Waals surface area (Å²) in [7, 11) is 0. The third-order valence-corrected chi connectivity index (χ3v) is 4.17. The van der Waals surface area contributed by atoms with Gasteiger partial charge in [-0.25, -0.2) is 0 Å². The number of nitro groups is 1. The number of hydrogen-bond acceptors (Lipinski definition) is 4. The van der Waals surface area contributed by atoms with Crippen molar-refractivity contribution in [2.24, 2.45) is 0 Å². The molecule has 0 heterocycles. The first-order valence-electron chi connectivity index (χ1n) is 7.54. The average molecular weight is 376 g/mol. The van der Waals surface area contributed by atoms with E-state index < -0.39 is 10.9 Å². The summed E-state index contributed by atoms with van der Waals surface area (Å²) < 4.78 is 5.54. The zero-order chi connectivity index (χ0) is 18.1. The van der Waals surface area contributed by atoms with Gasteiger partial charge in [0, 0.05) is 24.5 Å². The quantitative estimate of drug-likeness (QED) is 0.351. The van der Waals surface area contributed by atoms with Crippen molar-refractivity contribution >= 4 is 35.2 Å². The molecule has 1 N–H and O–H groups in total. The second-order valence-electron chi connectivity index (χ2n) is 5.08. The highest BCUT2D eigenvalue weighted by Crippen LogP contribution is 2.36. The molecule has 0 atom stereocenters. The summed E-state index contributed by atoms with van der Waals surface area (Å²) in [6.45, 7) is 2.08. The van der Waals surface area contributed by atoms with Crippen LogP contribution < -0.4 is 4.74 Å². The average Bonchev–Trinajstić information content (AvgIpc) is 2.53. The molecule has 0 saturated carbocycles. The van der Waals surface area contributed by atoms with Crippen LogP contribution in [0.15, 0.2) is 17.8 Å². The van der Waals surface area contributed by atoms with E-state index in [1.54, 1.807) is 19.1 Å². The molecule has 0 amide bonds. The van der Waals surface area contributed by atoms with Crippen molar-refractivity contribution in [2.45, 2.75) is 39.0 Å². The minimum atomic E-state index is -0.810. The van der Waals surface area contributed by atoms with Crippen LogP contribution in [0.2, 0.25) is 10.0 Å². The maximum Gasteiger partial charge on any atom is 0.303 e. The predicted molar refractivity (Wildman–Crippen MR) is 93.3 cm³/mol. The van der Waals surface area contributed by atoms with Crippen LogP contribution in [0.3, 0.4) is 0 Å². The Morgan fingerprint density at radius 2 is 2.00 bits per heavy atom. The van der Waals surface area contributed by atoms with Gasteiger partial charge in [-0.2, -0.15) is 0 Å². The molecular formula is C16H19Cl2NO5. The van der Waals surface area contributed by atoms with Gasteiger partial charge in [0.1, 0.15) is 10.8 Å². The second kappa shape index (κ2) is 10.2. The SMILES string of the molecule is CC/C(=C\c1ccc(OCCCCCC(=O)O)c(Cl)c1Cl)[N+](=O)[O-]. The Balaban J connectivity index is 2.68. The van der Waals surface area contributed by atoms with E-state index in [1.807, 2.05) is 0 Å². The van der Waals surface area contributed by atoms with Crippen LogP contribution in [0.5, 0.6) is 5.75 Å². The van der Waals surface area contributed by atoms with Crippen LogP contribution in [0.25, 0.3) is 6.08 Å². The van der Waals surface area contributed by atoms with Gasteiger partial charge in [-0.15, -0.1) is 0 Å². The van der Waals surface area contributed by atoms with Crippen LogP contribution in [0, 0.1) is 10.1 Å². The Morgan fingerprint density at radius 1 is 1.29 bits per heavy atom. The Kier molecular flexibility index (Phi) is 8.57. The lowest BCUT2D eigenvalue weighted by Crippen LogP contribution is -2.00. The van der Waals surface area contributed by atoms with Gasteiger partial charge in [0.15, 0.2) is 0 Å². The minimum Gasteiger partial charge on any atom is -0.492 e. The topological polar surface area (TPSA) is 89.7 Å². The Bertz CT molecular complexity index is 631. The predicted octanol–water partition coefficient (Wildman–Crippen LogP) is 5.04. The van der Waals surface area contributed by atoms with Crippen LogP contribution in [0.1, 0.15) is 44.6 Å². The van der Waals surface area contributed by atoms with E-state index in [0.717, 1.165) is 6.42 Å². The van der Waals surface area contributed by atoms with Gasteiger partial charge in [0.2, 0.25) is 5.70 Å². The lowest BCUT2D eigenvalue weighted by molar-refractivity contribution is -0.425. The smallest absolute Gasteiger partial charge is 0.303 e. The van der Waals surface area contributed by atoms with Crippen molar-refractivity contribution in [3.05, 3.63) is 43.6 Å². The van der Waals surface area contributed by atoms with Crippen molar-refractivity contribution in [3.63, 3.8) is 0 Å². The van der Waals surface area contributed by atoms with Gasteiger partial charge in [-0.3, -0.25) is 14.9 Å². The number of unbranched alkanes of at least 4 members (excludes halogenated alkanes) is 2. The van der Waals surface area contributed by atoms with E-state index in [2.05, 4.69) is 0 Å². The molecule has 1 aromatic rings. The maximum atomic E-state index is 10.9. The van der Waals surface area contributed by atoms with Crippen LogP contribution in [-0.4, -0.2) is 22.6 Å². The molecule has 0 radical (unpaired) electrons. The molecule has 132 valence electrons. The number of ether oxygens (including phenoxy) is 1. The van der Waals surface area contributed by atoms with E-state index in [0.29, 0.717) is 30.8 Å². The van der Waals surface area contributed by atoms with Crippen LogP contribution in [0.4, 0.5) is 0 Å². The number of carbonyl (C=O) groups is 1. The van der Waals surface area contributed by atoms with Gasteiger partial charge >= 0.3 is 5.97 Å². The zero-order valence-corrected chi connectivity index (χ0v) is 14.8. The largest absolute Gasteiger partial charge is 0.492 e. The third-order valence-electron chi connectivity index (χ3n) is 3.29. The highest BCUT2D eigenvalue weighted by atomic mass is 35.5. The second-order valence-corrected chi connectivity index (χ2v) is 5.84. The van der Waals surface area contributed by atoms with Gasteiger partial charge in [0.25, 0.3) is 0 Å². The number of carboxylic acid groups (broad SMARTS) is 1. The molecule has 0 aliphatic rings. The molecule has 0 aliphatic carbocycles. The molecule has 0 spiro atoms. The molecule has 24 heavy (non-hydrogen) atoms. The monoisotopic (exact) mass is 375 g/mol. The van der Waals surface area contributed by atoms with Crippen LogP contribution in [-0.2, 0) is 4.79 Å². The van der Waals surface area contributed by atoms with E-state index in [4.69, 9.17) is 33.0 Å². The number of nitrogens with zero attached hydrogens (tertiary/aromatic N) is 1. The number of carboxylic acids is 1. The first kappa shape index (κ1) is 20.3. The number of aliphatic carboxylic acids is 1. The van der Waals surface area contributed by atoms with Crippen molar-refractivity contribution < 1.29 is 19.6 Å². The summed E-state index contributed by atoms with van der Waals surface area (Å²) in [6, 6.07) is 3.23. The van der Waals surface area contributed by atoms with Crippen LogP contribution >= 0.6 is 23.2 Å². The highest BCUT2D eigenvalue weighted by Gasteiger charge is 2.14. The summed E-state index contributed by atoms with van der Waals surface area (Å²) in [5, 5.41) is 19.8. The Hall–Kier alpha value is -1.79. The van der Waals surface area contributed by atoms with E-state index in [-0.39, 0.29) is 28.6 Å². The summed E-state index contributed by atoms with van der Waals surface area (Å²) in [5.41, 5.74) is 0.504. The summed E-state index contributed by atoms with van der Waals surface area (Å²) in [6.07, 6.45) is 3.84. The lowest BCUT2D eigenvalue weighted by Gasteiger charge is -2.10. The van der Waals surface area contributed by atoms with Crippen molar-refractivity contribution in [3.8, 4) is 5.75 Å². The zero-order valence-electron chi connectivity index (χ0n) is 13.3. The first-order chi connectivity index (χ1) is 11.4. The third kappa shape index (κ3) is 6.37. The lowest BCUT2D eigenvalue weighted by atomic mass is 10.1. The molecule has 0 aromatic heterocycles. The summed E-state index contributed by atoms with van der Waals surface area (Å²) in [5.74, 6) is -0.410. The molecule has 1 aromatic carbocycles. The van der Waals surface area contributed by atoms with Crippen molar-refractivity contribution in [1.82, 2.24) is 0 Å². The fourth-order valence-electron chi connectivity index (χ4n) is 1.97. The van der Waals surface area contributed by atoms with Gasteiger partial charge in [0.05, 0.1) is 16.6 Å². The molecule has 1 rings (SSSR count). The molecular weight excluding hydrogens is 357 g/mol. The molecule has 0 unspecified atom stereocenters. The van der Waals surface area contributed by atoms with Gasteiger partial charge in [-0.1, -0.05) is 30.1 Å². The standard InChI is InChI=1S/C16H19Cl2NO5/c1-2-12(19(22)23)10-11-7-8-13(16(18)15(11)17)24-9-5-3-4-6-14(20)21/h7-8,10H,2-6,9H2,1H3,(H,20,21)/b12-10+. The number of rotatable bonds is 10. The number of benzene rings is 1. The molecule has 0 bridgehead atoms. The molecule has 6 nitrogen and oxygen atoms in total. The fourth-order valence-corrected chi connectivity index (χ4v) is 2.41. The minimum absolute atomic E-state index is 0.0417. The number of halogens is 2. The molecule has 0 aliphatic heterocycles. The molecule has 8 heteroatoms. The van der Waals surface area contributed by atoms with Gasteiger partial charge in [-0.05, 0) is 31.4 Å². The molecule has 0 fully saturated rings. The van der Waals surface area contributed by atoms with Gasteiger partial charge < -0.3 is 9.84 Å². The van der Waals surface area contributed by atoms with E-state index in [1.165, 1.54) is 6.08 Å². The number of allylic oxidation sites excluding steroid dienone is 1. The number of hydrogen-bond donors (Lipinski definition) is 1. The summed E-state index contributed by atoms with van der Waals surface area (Å²) >= 11 is 12.3. The first-order valence-corrected chi connectivity index (χ1v) is 8.30. The van der Waals surface area contributed by atoms with E-state index in [9.17, 15) is 14.9 Å². The normalized spacial score (nSPS) is 11.4. The Labute approximate surface area is 150 Å². The Morgan fingerprint density at radius 3 is 2.58 bits per heavy atom. The highest BCUT2D eigenvalue weighted by molar-refractivity contribution is 6.43. The maximum absolute atomic E-state index is 10.9. The molecule has 0 saturated heterocycles. The van der Waals surface area contributed by atoms with Crippen molar-refractivity contribution in [2.75, 3.05) is 6.61 Å². The summed E-state index contributed by atoms with van der Waals surface area (Å²) in [4.78, 5) is 20.8. The van der Waals surface area contributed by atoms with E-state index >= 15 is 0 Å².